The minimum Gasteiger partial charge on any atom is -0.382 e. The van der Waals surface area contributed by atoms with Gasteiger partial charge in [-0.25, -0.2) is 9.07 Å². The molecule has 0 aliphatic carbocycles. The van der Waals surface area contributed by atoms with E-state index in [9.17, 15) is 9.18 Å². The van der Waals surface area contributed by atoms with Crippen LogP contribution in [-0.2, 0) is 14.3 Å². The molecule has 134 valence electrons. The summed E-state index contributed by atoms with van der Waals surface area (Å²) >= 11 is 3.27. The standard InChI is InChI=1S/C17H19BrFN3O3/c1-24-8-9-25-7-6-20-17(23)5-3-13-2-4-16(15(19)10-13)22-12-14(18)11-21-22/h2-5,10-12H,6-9H2,1H3,(H,20,23)/b5-3+. The van der Waals surface area contributed by atoms with Crippen LogP contribution < -0.4 is 5.32 Å². The Hall–Kier alpha value is -2.03. The summed E-state index contributed by atoms with van der Waals surface area (Å²) in [6.07, 6.45) is 6.15. The predicted octanol–water partition coefficient (Wildman–Crippen LogP) is 2.57. The lowest BCUT2D eigenvalue weighted by molar-refractivity contribution is -0.116. The highest BCUT2D eigenvalue weighted by Crippen LogP contribution is 2.17. The number of aromatic nitrogens is 2. The Bertz CT molecular complexity index is 734. The van der Waals surface area contributed by atoms with Gasteiger partial charge in [0.15, 0.2) is 0 Å². The van der Waals surface area contributed by atoms with E-state index in [1.54, 1.807) is 37.7 Å². The van der Waals surface area contributed by atoms with Gasteiger partial charge in [-0.05, 0) is 39.7 Å². The minimum atomic E-state index is -0.426. The lowest BCUT2D eigenvalue weighted by Crippen LogP contribution is -2.25. The van der Waals surface area contributed by atoms with Crippen LogP contribution in [0.1, 0.15) is 5.56 Å². The fourth-order valence-electron chi connectivity index (χ4n) is 1.97. The molecule has 8 heteroatoms. The summed E-state index contributed by atoms with van der Waals surface area (Å²) in [7, 11) is 1.60. The molecule has 6 nitrogen and oxygen atoms in total. The summed E-state index contributed by atoms with van der Waals surface area (Å²) in [5.41, 5.74) is 0.916. The van der Waals surface area contributed by atoms with Crippen LogP contribution in [0.2, 0.25) is 0 Å². The molecule has 1 amide bonds. The van der Waals surface area contributed by atoms with Crippen molar-refractivity contribution in [2.75, 3.05) is 33.5 Å². The first-order valence-electron chi connectivity index (χ1n) is 7.63. The second kappa shape index (κ2) is 10.1. The van der Waals surface area contributed by atoms with Crippen molar-refractivity contribution in [3.8, 4) is 5.69 Å². The van der Waals surface area contributed by atoms with Gasteiger partial charge in [0.25, 0.3) is 0 Å². The zero-order chi connectivity index (χ0) is 18.1. The zero-order valence-corrected chi connectivity index (χ0v) is 15.3. The molecule has 1 aromatic heterocycles. The molecule has 1 heterocycles. The Morgan fingerprint density at radius 2 is 2.24 bits per heavy atom. The Morgan fingerprint density at radius 1 is 1.40 bits per heavy atom. The Kier molecular flexibility index (Phi) is 7.77. The third-order valence-corrected chi connectivity index (χ3v) is 3.58. The van der Waals surface area contributed by atoms with Crippen LogP contribution >= 0.6 is 15.9 Å². The van der Waals surface area contributed by atoms with Crippen LogP contribution in [0.25, 0.3) is 11.8 Å². The SMILES string of the molecule is COCCOCCNC(=O)/C=C/c1ccc(-n2cc(Br)cn2)c(F)c1. The maximum atomic E-state index is 14.2. The molecular weight excluding hydrogens is 393 g/mol. The molecule has 2 rings (SSSR count). The van der Waals surface area contributed by atoms with E-state index in [-0.39, 0.29) is 5.91 Å². The van der Waals surface area contributed by atoms with Gasteiger partial charge in [-0.15, -0.1) is 0 Å². The van der Waals surface area contributed by atoms with E-state index in [1.807, 2.05) is 0 Å². The van der Waals surface area contributed by atoms with E-state index in [0.717, 1.165) is 4.47 Å². The van der Waals surface area contributed by atoms with Crippen molar-refractivity contribution in [1.82, 2.24) is 15.1 Å². The molecule has 0 atom stereocenters. The Balaban J connectivity index is 1.84. The second-order valence-corrected chi connectivity index (χ2v) is 5.96. The van der Waals surface area contributed by atoms with Crippen molar-refractivity contribution >= 4 is 27.9 Å². The molecule has 0 saturated heterocycles. The Morgan fingerprint density at radius 3 is 2.92 bits per heavy atom. The third-order valence-electron chi connectivity index (χ3n) is 3.17. The minimum absolute atomic E-state index is 0.268. The normalized spacial score (nSPS) is 11.2. The third kappa shape index (κ3) is 6.41. The number of ether oxygens (including phenoxy) is 2. The number of methoxy groups -OCH3 is 1. The van der Waals surface area contributed by atoms with Gasteiger partial charge in [0.2, 0.25) is 5.91 Å². The number of carbonyl (C=O) groups is 1. The van der Waals surface area contributed by atoms with Crippen molar-refractivity contribution in [2.45, 2.75) is 0 Å². The summed E-state index contributed by atoms with van der Waals surface area (Å²) in [6, 6.07) is 4.67. The molecule has 0 unspecified atom stereocenters. The lowest BCUT2D eigenvalue weighted by atomic mass is 10.2. The average Bonchev–Trinajstić information content (AvgIpc) is 3.02. The first kappa shape index (κ1) is 19.3. The zero-order valence-electron chi connectivity index (χ0n) is 13.7. The number of carbonyl (C=O) groups excluding carboxylic acids is 1. The van der Waals surface area contributed by atoms with Gasteiger partial charge < -0.3 is 14.8 Å². The summed E-state index contributed by atoms with van der Waals surface area (Å²) in [6.45, 7) is 1.81. The average molecular weight is 412 g/mol. The van der Waals surface area contributed by atoms with Crippen LogP contribution in [-0.4, -0.2) is 49.2 Å². The molecule has 25 heavy (non-hydrogen) atoms. The first-order chi connectivity index (χ1) is 12.1. The van der Waals surface area contributed by atoms with Gasteiger partial charge in [0, 0.05) is 25.9 Å². The van der Waals surface area contributed by atoms with Crippen molar-refractivity contribution in [1.29, 1.82) is 0 Å². The van der Waals surface area contributed by atoms with E-state index in [4.69, 9.17) is 9.47 Å². The largest absolute Gasteiger partial charge is 0.382 e. The van der Waals surface area contributed by atoms with Gasteiger partial charge in [-0.2, -0.15) is 5.10 Å². The van der Waals surface area contributed by atoms with E-state index in [1.165, 1.54) is 16.8 Å². The van der Waals surface area contributed by atoms with Crippen molar-refractivity contribution in [3.63, 3.8) is 0 Å². The lowest BCUT2D eigenvalue weighted by Gasteiger charge is -2.05. The highest BCUT2D eigenvalue weighted by atomic mass is 79.9. The number of nitrogens with zero attached hydrogens (tertiary/aromatic N) is 2. The van der Waals surface area contributed by atoms with Gasteiger partial charge in [0.05, 0.1) is 30.5 Å². The van der Waals surface area contributed by atoms with Gasteiger partial charge in [0.1, 0.15) is 11.5 Å². The highest BCUT2D eigenvalue weighted by molar-refractivity contribution is 9.10. The molecule has 0 saturated carbocycles. The molecule has 0 radical (unpaired) electrons. The quantitative estimate of drug-likeness (QED) is 0.508. The summed E-state index contributed by atoms with van der Waals surface area (Å²) in [5.74, 6) is -0.694. The number of hydrogen-bond acceptors (Lipinski definition) is 4. The van der Waals surface area contributed by atoms with Crippen molar-refractivity contribution in [2.24, 2.45) is 0 Å². The molecule has 1 aromatic carbocycles. The van der Waals surface area contributed by atoms with E-state index in [0.29, 0.717) is 37.6 Å². The molecule has 0 bridgehead atoms. The summed E-state index contributed by atoms with van der Waals surface area (Å²) in [4.78, 5) is 11.7. The first-order valence-corrected chi connectivity index (χ1v) is 8.42. The maximum Gasteiger partial charge on any atom is 0.244 e. The topological polar surface area (TPSA) is 65.4 Å². The Labute approximate surface area is 153 Å². The van der Waals surface area contributed by atoms with Gasteiger partial charge >= 0.3 is 0 Å². The van der Waals surface area contributed by atoms with Crippen LogP contribution in [0.4, 0.5) is 4.39 Å². The highest BCUT2D eigenvalue weighted by Gasteiger charge is 2.06. The molecule has 1 N–H and O–H groups in total. The summed E-state index contributed by atoms with van der Waals surface area (Å²) < 4.78 is 26.5. The van der Waals surface area contributed by atoms with Crippen LogP contribution in [0.3, 0.4) is 0 Å². The predicted molar refractivity (Wildman–Crippen MR) is 96.0 cm³/mol. The van der Waals surface area contributed by atoms with Gasteiger partial charge in [-0.3, -0.25) is 4.79 Å². The monoisotopic (exact) mass is 411 g/mol. The number of hydrogen-bond donors (Lipinski definition) is 1. The van der Waals surface area contributed by atoms with Crippen molar-refractivity contribution in [3.05, 3.63) is 52.5 Å². The molecule has 0 aliphatic heterocycles. The molecular formula is C17H19BrFN3O3. The fourth-order valence-corrected chi connectivity index (χ4v) is 2.25. The molecule has 0 fully saturated rings. The molecule has 0 spiro atoms. The van der Waals surface area contributed by atoms with Gasteiger partial charge in [-0.1, -0.05) is 6.07 Å². The van der Waals surface area contributed by atoms with E-state index >= 15 is 0 Å². The van der Waals surface area contributed by atoms with E-state index in [2.05, 4.69) is 26.3 Å². The van der Waals surface area contributed by atoms with Crippen LogP contribution in [0.5, 0.6) is 0 Å². The van der Waals surface area contributed by atoms with Crippen LogP contribution in [0.15, 0.2) is 41.1 Å². The summed E-state index contributed by atoms with van der Waals surface area (Å²) in [5, 5.41) is 6.72. The number of amides is 1. The number of halogens is 2. The number of benzene rings is 1. The number of nitrogens with one attached hydrogen (secondary N) is 1. The maximum absolute atomic E-state index is 14.2. The van der Waals surface area contributed by atoms with Crippen LogP contribution in [0, 0.1) is 5.82 Å². The van der Waals surface area contributed by atoms with Crippen molar-refractivity contribution < 1.29 is 18.7 Å². The molecule has 0 aliphatic rings. The second-order valence-electron chi connectivity index (χ2n) is 5.04. The molecule has 2 aromatic rings. The smallest absolute Gasteiger partial charge is 0.244 e. The fraction of sp³-hybridized carbons (Fsp3) is 0.294. The number of rotatable bonds is 9. The van der Waals surface area contributed by atoms with E-state index < -0.39 is 5.82 Å².